The van der Waals surface area contributed by atoms with Gasteiger partial charge in [-0.05, 0) is 63.1 Å². The molecule has 0 bridgehead atoms. The van der Waals surface area contributed by atoms with Crippen LogP contribution in [0.2, 0.25) is 0 Å². The monoisotopic (exact) mass is 312 g/mol. The first-order valence-electron chi connectivity index (χ1n) is 8.48. The van der Waals surface area contributed by atoms with E-state index >= 15 is 0 Å². The number of nitrogens with one attached hydrogen (secondary N) is 2. The van der Waals surface area contributed by atoms with Crippen LogP contribution in [0, 0.1) is 27.7 Å². The fourth-order valence-electron chi connectivity index (χ4n) is 4.20. The van der Waals surface area contributed by atoms with Gasteiger partial charge in [-0.25, -0.2) is 0 Å². The molecule has 5 aromatic rings. The Morgan fingerprint density at radius 3 is 1.42 bits per heavy atom. The van der Waals surface area contributed by atoms with Gasteiger partial charge in [0.05, 0.1) is 11.0 Å². The second-order valence-corrected chi connectivity index (χ2v) is 7.10. The van der Waals surface area contributed by atoms with Gasteiger partial charge in [0, 0.05) is 32.6 Å². The average molecular weight is 312 g/mol. The number of aromatic amines is 2. The summed E-state index contributed by atoms with van der Waals surface area (Å²) < 4.78 is 0. The highest BCUT2D eigenvalue weighted by molar-refractivity contribution is 6.21. The molecule has 118 valence electrons. The summed E-state index contributed by atoms with van der Waals surface area (Å²) in [5.74, 6) is 0. The molecule has 2 heterocycles. The van der Waals surface area contributed by atoms with Crippen molar-refractivity contribution >= 4 is 43.6 Å². The van der Waals surface area contributed by atoms with E-state index in [0.717, 1.165) is 0 Å². The Hall–Kier alpha value is -2.74. The number of benzene rings is 3. The summed E-state index contributed by atoms with van der Waals surface area (Å²) in [5, 5.41) is 5.34. The molecule has 0 aliphatic heterocycles. The molecule has 3 aromatic carbocycles. The Kier molecular flexibility index (Phi) is 2.52. The van der Waals surface area contributed by atoms with Crippen LogP contribution in [0.4, 0.5) is 0 Å². The standard InChI is InChI=1S/C22H20N2/c1-11-5-7-17-15(9-11)19-13(3)22-20(14(4)21(19)23-17)16-10-12(2)6-8-18(16)24-22/h5-10,23-24H,1-4H3. The van der Waals surface area contributed by atoms with Crippen LogP contribution in [0.15, 0.2) is 36.4 Å². The third-order valence-electron chi connectivity index (χ3n) is 5.41. The van der Waals surface area contributed by atoms with Crippen LogP contribution >= 0.6 is 0 Å². The van der Waals surface area contributed by atoms with E-state index in [2.05, 4.69) is 74.1 Å². The Morgan fingerprint density at radius 1 is 0.583 bits per heavy atom. The predicted octanol–water partition coefficient (Wildman–Crippen LogP) is 6.19. The molecule has 0 unspecified atom stereocenters. The van der Waals surface area contributed by atoms with E-state index in [1.54, 1.807) is 0 Å². The smallest absolute Gasteiger partial charge is 0.0505 e. The molecule has 2 nitrogen and oxygen atoms in total. The molecule has 0 spiro atoms. The molecule has 0 aliphatic carbocycles. The maximum Gasteiger partial charge on any atom is 0.0505 e. The second-order valence-electron chi connectivity index (χ2n) is 7.10. The van der Waals surface area contributed by atoms with Crippen LogP contribution in [0.5, 0.6) is 0 Å². The number of hydrogen-bond acceptors (Lipinski definition) is 0. The van der Waals surface area contributed by atoms with Crippen LogP contribution in [0.1, 0.15) is 22.3 Å². The molecular formula is C22H20N2. The molecule has 0 aliphatic rings. The third kappa shape index (κ3) is 1.60. The van der Waals surface area contributed by atoms with Crippen molar-refractivity contribution in [3.63, 3.8) is 0 Å². The van der Waals surface area contributed by atoms with E-state index < -0.39 is 0 Å². The Morgan fingerprint density at radius 2 is 1.00 bits per heavy atom. The predicted molar refractivity (Wildman–Crippen MR) is 104 cm³/mol. The number of aryl methyl sites for hydroxylation is 4. The number of aromatic nitrogens is 2. The Labute approximate surface area is 140 Å². The molecule has 0 radical (unpaired) electrons. The molecule has 2 aromatic heterocycles. The van der Waals surface area contributed by atoms with Crippen molar-refractivity contribution in [2.75, 3.05) is 0 Å². The summed E-state index contributed by atoms with van der Waals surface area (Å²) >= 11 is 0. The van der Waals surface area contributed by atoms with Crippen LogP contribution < -0.4 is 0 Å². The molecule has 2 heteroatoms. The van der Waals surface area contributed by atoms with Crippen molar-refractivity contribution in [1.29, 1.82) is 0 Å². The van der Waals surface area contributed by atoms with Crippen LogP contribution in [-0.2, 0) is 0 Å². The minimum atomic E-state index is 1.22. The highest BCUT2D eigenvalue weighted by Gasteiger charge is 2.17. The van der Waals surface area contributed by atoms with Crippen molar-refractivity contribution in [3.05, 3.63) is 58.7 Å². The molecule has 0 fully saturated rings. The van der Waals surface area contributed by atoms with E-state index in [4.69, 9.17) is 0 Å². The van der Waals surface area contributed by atoms with E-state index in [1.165, 1.54) is 65.9 Å². The zero-order chi connectivity index (χ0) is 16.6. The van der Waals surface area contributed by atoms with Crippen LogP contribution in [-0.4, -0.2) is 9.97 Å². The zero-order valence-corrected chi connectivity index (χ0v) is 14.5. The van der Waals surface area contributed by atoms with Crippen molar-refractivity contribution in [3.8, 4) is 0 Å². The van der Waals surface area contributed by atoms with Gasteiger partial charge in [-0.2, -0.15) is 0 Å². The van der Waals surface area contributed by atoms with Gasteiger partial charge in [-0.15, -0.1) is 0 Å². The highest BCUT2D eigenvalue weighted by atomic mass is 14.7. The second kappa shape index (κ2) is 4.41. The van der Waals surface area contributed by atoms with Crippen LogP contribution in [0.25, 0.3) is 43.6 Å². The number of hydrogen-bond donors (Lipinski definition) is 2. The molecule has 5 rings (SSSR count). The van der Waals surface area contributed by atoms with Crippen molar-refractivity contribution in [1.82, 2.24) is 9.97 Å². The number of H-pyrrole nitrogens is 2. The lowest BCUT2D eigenvalue weighted by Crippen LogP contribution is -1.85. The summed E-state index contributed by atoms with van der Waals surface area (Å²) in [6.07, 6.45) is 0. The fraction of sp³-hybridized carbons (Fsp3) is 0.182. The first-order valence-corrected chi connectivity index (χ1v) is 8.48. The largest absolute Gasteiger partial charge is 0.354 e. The van der Waals surface area contributed by atoms with E-state index in [0.29, 0.717) is 0 Å². The first kappa shape index (κ1) is 13.7. The third-order valence-corrected chi connectivity index (χ3v) is 5.41. The summed E-state index contributed by atoms with van der Waals surface area (Å²) in [4.78, 5) is 7.32. The Balaban J connectivity index is 2.10. The van der Waals surface area contributed by atoms with Crippen molar-refractivity contribution in [2.45, 2.75) is 27.7 Å². The van der Waals surface area contributed by atoms with E-state index in [-0.39, 0.29) is 0 Å². The van der Waals surface area contributed by atoms with Gasteiger partial charge in [0.15, 0.2) is 0 Å². The molecule has 2 N–H and O–H groups in total. The van der Waals surface area contributed by atoms with E-state index in [1.807, 2.05) is 0 Å². The lowest BCUT2D eigenvalue weighted by molar-refractivity contribution is 1.44. The lowest BCUT2D eigenvalue weighted by Gasteiger charge is -2.06. The summed E-state index contributed by atoms with van der Waals surface area (Å²) in [6.45, 7) is 8.79. The highest BCUT2D eigenvalue weighted by Crippen LogP contribution is 2.39. The Bertz CT molecular complexity index is 1180. The quantitative estimate of drug-likeness (QED) is 0.342. The normalized spacial score (nSPS) is 12.2. The first-order chi connectivity index (χ1) is 11.5. The van der Waals surface area contributed by atoms with Crippen molar-refractivity contribution in [2.24, 2.45) is 0 Å². The molecule has 0 atom stereocenters. The number of rotatable bonds is 0. The average Bonchev–Trinajstić information content (AvgIpc) is 3.11. The minimum Gasteiger partial charge on any atom is -0.354 e. The summed E-state index contributed by atoms with van der Waals surface area (Å²) in [6, 6.07) is 13.3. The fourth-order valence-corrected chi connectivity index (χ4v) is 4.20. The van der Waals surface area contributed by atoms with Gasteiger partial charge in [0.25, 0.3) is 0 Å². The lowest BCUT2D eigenvalue weighted by atomic mass is 9.98. The van der Waals surface area contributed by atoms with Gasteiger partial charge in [-0.1, -0.05) is 23.3 Å². The van der Waals surface area contributed by atoms with Crippen molar-refractivity contribution < 1.29 is 0 Å². The maximum absolute atomic E-state index is 3.66. The van der Waals surface area contributed by atoms with E-state index in [9.17, 15) is 0 Å². The molecule has 24 heavy (non-hydrogen) atoms. The maximum atomic E-state index is 3.66. The number of fused-ring (bicyclic) bond motifs is 6. The zero-order valence-electron chi connectivity index (χ0n) is 14.5. The molecule has 0 amide bonds. The summed E-state index contributed by atoms with van der Waals surface area (Å²) in [7, 11) is 0. The molecule has 0 saturated heterocycles. The SMILES string of the molecule is Cc1ccc2[nH]c3c(C)c4c([nH]c5ccc(C)cc54)c(C)c3c2c1. The van der Waals surface area contributed by atoms with Gasteiger partial charge in [-0.3, -0.25) is 0 Å². The summed E-state index contributed by atoms with van der Waals surface area (Å²) in [5.41, 5.74) is 10.2. The van der Waals surface area contributed by atoms with Gasteiger partial charge < -0.3 is 9.97 Å². The van der Waals surface area contributed by atoms with Gasteiger partial charge in [0.1, 0.15) is 0 Å². The molecule has 0 saturated carbocycles. The van der Waals surface area contributed by atoms with Gasteiger partial charge in [0.2, 0.25) is 0 Å². The molecular weight excluding hydrogens is 292 g/mol. The van der Waals surface area contributed by atoms with Gasteiger partial charge >= 0.3 is 0 Å². The minimum absolute atomic E-state index is 1.22. The topological polar surface area (TPSA) is 31.6 Å². The van der Waals surface area contributed by atoms with Crippen LogP contribution in [0.3, 0.4) is 0 Å².